The van der Waals surface area contributed by atoms with Crippen LogP contribution in [0.3, 0.4) is 0 Å². The molecular formula is C29H46F2O. The molecule has 2 aliphatic rings. The molecule has 0 aliphatic heterocycles. The number of halogens is 2. The third-order valence-corrected chi connectivity index (χ3v) is 8.37. The van der Waals surface area contributed by atoms with Gasteiger partial charge in [-0.1, -0.05) is 89.7 Å². The molecule has 0 aromatic heterocycles. The van der Waals surface area contributed by atoms with Crippen LogP contribution in [0.5, 0.6) is 5.75 Å². The van der Waals surface area contributed by atoms with Gasteiger partial charge in [-0.05, 0) is 79.9 Å². The summed E-state index contributed by atoms with van der Waals surface area (Å²) in [5, 5.41) is 0. The predicted molar refractivity (Wildman–Crippen MR) is 130 cm³/mol. The molecule has 0 atom stereocenters. The lowest BCUT2D eigenvalue weighted by Gasteiger charge is -2.38. The van der Waals surface area contributed by atoms with Gasteiger partial charge in [-0.3, -0.25) is 0 Å². The highest BCUT2D eigenvalue weighted by Gasteiger charge is 2.31. The summed E-state index contributed by atoms with van der Waals surface area (Å²) in [4.78, 5) is 0. The number of ether oxygens (including phenoxy) is 1. The molecule has 0 N–H and O–H groups in total. The number of rotatable bonds is 13. The van der Waals surface area contributed by atoms with Gasteiger partial charge < -0.3 is 4.74 Å². The first-order chi connectivity index (χ1) is 15.7. The molecule has 0 spiro atoms. The molecule has 0 bridgehead atoms. The summed E-state index contributed by atoms with van der Waals surface area (Å²) in [5.74, 6) is 3.72. The quantitative estimate of drug-likeness (QED) is 0.273. The first kappa shape index (κ1) is 25.5. The number of hydrogen-bond donors (Lipinski definition) is 0. The van der Waals surface area contributed by atoms with E-state index in [1.165, 1.54) is 115 Å². The highest BCUT2D eigenvalue weighted by Crippen LogP contribution is 2.44. The fourth-order valence-electron chi connectivity index (χ4n) is 6.36. The van der Waals surface area contributed by atoms with Crippen molar-refractivity contribution in [3.63, 3.8) is 0 Å². The minimum atomic E-state index is -2.74. The zero-order valence-electron chi connectivity index (χ0n) is 20.4. The summed E-state index contributed by atoms with van der Waals surface area (Å²) in [5.41, 5.74) is 1.29. The summed E-state index contributed by atoms with van der Waals surface area (Å²) in [6.45, 7) is -0.454. The van der Waals surface area contributed by atoms with Crippen molar-refractivity contribution >= 4 is 0 Å². The predicted octanol–water partition coefficient (Wildman–Crippen LogP) is 9.90. The summed E-state index contributed by atoms with van der Waals surface area (Å²) in [7, 11) is 0. The van der Waals surface area contributed by atoms with Gasteiger partial charge in [0, 0.05) is 0 Å². The second-order valence-electron chi connectivity index (χ2n) is 10.6. The Morgan fingerprint density at radius 2 is 1.25 bits per heavy atom. The van der Waals surface area contributed by atoms with E-state index in [4.69, 9.17) is 0 Å². The summed E-state index contributed by atoms with van der Waals surface area (Å²) >= 11 is 0. The fraction of sp³-hybridized carbons (Fsp3) is 0.793. The maximum Gasteiger partial charge on any atom is 0.387 e. The van der Waals surface area contributed by atoms with Crippen molar-refractivity contribution in [1.29, 1.82) is 0 Å². The van der Waals surface area contributed by atoms with E-state index >= 15 is 0 Å². The Hall–Kier alpha value is -1.12. The molecule has 32 heavy (non-hydrogen) atoms. The molecule has 0 amide bonds. The van der Waals surface area contributed by atoms with Gasteiger partial charge in [0.05, 0.1) is 0 Å². The number of hydrogen-bond acceptors (Lipinski definition) is 1. The third-order valence-electron chi connectivity index (χ3n) is 8.37. The van der Waals surface area contributed by atoms with E-state index in [1.54, 1.807) is 12.1 Å². The minimum Gasteiger partial charge on any atom is -0.435 e. The Kier molecular flexibility index (Phi) is 11.3. The highest BCUT2D eigenvalue weighted by molar-refractivity contribution is 5.29. The van der Waals surface area contributed by atoms with Crippen LogP contribution in [0.1, 0.15) is 128 Å². The van der Waals surface area contributed by atoms with Crippen LogP contribution in [0.2, 0.25) is 0 Å². The highest BCUT2D eigenvalue weighted by atomic mass is 19.3. The monoisotopic (exact) mass is 448 g/mol. The minimum absolute atomic E-state index is 0.265. The van der Waals surface area contributed by atoms with Crippen molar-refractivity contribution < 1.29 is 13.5 Å². The van der Waals surface area contributed by atoms with Crippen LogP contribution in [0.25, 0.3) is 0 Å². The zero-order chi connectivity index (χ0) is 22.6. The molecule has 1 aromatic rings. The second kappa shape index (κ2) is 14.2. The molecule has 0 radical (unpaired) electrons. The maximum absolute atomic E-state index is 12.3. The molecular weight excluding hydrogens is 402 g/mol. The van der Waals surface area contributed by atoms with Crippen LogP contribution in [0.15, 0.2) is 24.3 Å². The van der Waals surface area contributed by atoms with Gasteiger partial charge in [-0.15, -0.1) is 0 Å². The molecule has 3 rings (SSSR count). The molecule has 1 nitrogen and oxygen atoms in total. The Bertz CT molecular complexity index is 598. The lowest BCUT2D eigenvalue weighted by atomic mass is 9.68. The van der Waals surface area contributed by atoms with Crippen LogP contribution >= 0.6 is 0 Å². The summed E-state index contributed by atoms with van der Waals surface area (Å²) in [6.07, 6.45) is 23.9. The lowest BCUT2D eigenvalue weighted by molar-refractivity contribution is -0.0498. The molecule has 2 aliphatic carbocycles. The van der Waals surface area contributed by atoms with Gasteiger partial charge in [0.1, 0.15) is 5.75 Å². The average Bonchev–Trinajstić information content (AvgIpc) is 2.81. The summed E-state index contributed by atoms with van der Waals surface area (Å²) in [6, 6.07) is 7.36. The van der Waals surface area contributed by atoms with Crippen molar-refractivity contribution in [3.8, 4) is 5.75 Å². The molecule has 1 aromatic carbocycles. The van der Waals surface area contributed by atoms with Crippen LogP contribution in [-0.2, 0) is 0 Å². The molecule has 0 unspecified atom stereocenters. The Morgan fingerprint density at radius 1 is 0.719 bits per heavy atom. The molecule has 3 heteroatoms. The van der Waals surface area contributed by atoms with Crippen LogP contribution in [0, 0.1) is 17.8 Å². The molecule has 2 fully saturated rings. The van der Waals surface area contributed by atoms with E-state index in [2.05, 4.69) is 11.7 Å². The lowest BCUT2D eigenvalue weighted by Crippen LogP contribution is -2.25. The van der Waals surface area contributed by atoms with Crippen LogP contribution < -0.4 is 4.74 Å². The van der Waals surface area contributed by atoms with Crippen molar-refractivity contribution in [2.45, 2.75) is 129 Å². The van der Waals surface area contributed by atoms with Crippen molar-refractivity contribution in [2.24, 2.45) is 17.8 Å². The maximum atomic E-state index is 12.3. The van der Waals surface area contributed by atoms with Gasteiger partial charge in [0.2, 0.25) is 0 Å². The van der Waals surface area contributed by atoms with Gasteiger partial charge in [0.25, 0.3) is 0 Å². The van der Waals surface area contributed by atoms with Gasteiger partial charge in [0.15, 0.2) is 0 Å². The first-order valence-electron chi connectivity index (χ1n) is 13.7. The Balaban J connectivity index is 1.27. The molecule has 182 valence electrons. The Morgan fingerprint density at radius 3 is 1.81 bits per heavy atom. The zero-order valence-corrected chi connectivity index (χ0v) is 20.4. The van der Waals surface area contributed by atoms with Gasteiger partial charge in [-0.2, -0.15) is 8.78 Å². The van der Waals surface area contributed by atoms with Gasteiger partial charge >= 0.3 is 6.61 Å². The van der Waals surface area contributed by atoms with Crippen molar-refractivity contribution in [1.82, 2.24) is 0 Å². The fourth-order valence-corrected chi connectivity index (χ4v) is 6.36. The molecule has 2 saturated carbocycles. The number of unbranched alkanes of at least 4 members (excludes halogenated alkanes) is 7. The first-order valence-corrected chi connectivity index (χ1v) is 13.7. The molecule has 0 heterocycles. The summed E-state index contributed by atoms with van der Waals surface area (Å²) < 4.78 is 29.2. The number of alkyl halides is 2. The largest absolute Gasteiger partial charge is 0.435 e. The van der Waals surface area contributed by atoms with Crippen LogP contribution in [-0.4, -0.2) is 6.61 Å². The average molecular weight is 449 g/mol. The smallest absolute Gasteiger partial charge is 0.387 e. The van der Waals surface area contributed by atoms with Crippen molar-refractivity contribution in [2.75, 3.05) is 0 Å². The van der Waals surface area contributed by atoms with E-state index in [1.807, 2.05) is 12.1 Å². The Labute approximate surface area is 195 Å². The molecule has 0 saturated heterocycles. The van der Waals surface area contributed by atoms with E-state index in [-0.39, 0.29) is 5.75 Å². The van der Waals surface area contributed by atoms with E-state index < -0.39 is 6.61 Å². The normalized spacial score (nSPS) is 26.4. The van der Waals surface area contributed by atoms with E-state index in [0.29, 0.717) is 5.92 Å². The third kappa shape index (κ3) is 8.67. The van der Waals surface area contributed by atoms with Gasteiger partial charge in [-0.25, -0.2) is 0 Å². The van der Waals surface area contributed by atoms with E-state index in [0.717, 1.165) is 17.8 Å². The second-order valence-corrected chi connectivity index (χ2v) is 10.6. The van der Waals surface area contributed by atoms with E-state index in [9.17, 15) is 8.78 Å². The van der Waals surface area contributed by atoms with Crippen molar-refractivity contribution in [3.05, 3.63) is 29.8 Å². The standard InChI is InChI=1S/C29H46F2O/c1-2-3-4-5-6-7-8-9-10-23-11-13-24(14-12-23)25-15-17-26(18-16-25)27-19-21-28(22-20-27)32-29(30)31/h19-26,29H,2-18H2,1H3/t23-,24-,25-,26-. The van der Waals surface area contributed by atoms with Crippen LogP contribution in [0.4, 0.5) is 8.78 Å². The SMILES string of the molecule is CCCCCCCCCC[C@H]1CC[C@H]([C@H]2CC[C@H](c3ccc(OC(F)F)cc3)CC2)CC1. The number of benzene rings is 1. The topological polar surface area (TPSA) is 9.23 Å².